The van der Waals surface area contributed by atoms with Crippen LogP contribution in [0.3, 0.4) is 0 Å². The lowest BCUT2D eigenvalue weighted by Gasteiger charge is -2.13. The van der Waals surface area contributed by atoms with E-state index in [2.05, 4.69) is 15.5 Å². The molecule has 2 rings (SSSR count). The second kappa shape index (κ2) is 4.87. The van der Waals surface area contributed by atoms with Gasteiger partial charge in [-0.2, -0.15) is 5.10 Å². The molecule has 1 atom stereocenters. The summed E-state index contributed by atoms with van der Waals surface area (Å²) < 4.78 is 13.1. The summed E-state index contributed by atoms with van der Waals surface area (Å²) in [6.45, 7) is 1.77. The number of carbonyl (C=O) groups excluding carboxylic acids is 1. The van der Waals surface area contributed by atoms with Crippen molar-refractivity contribution in [3.8, 4) is 0 Å². The average Bonchev–Trinajstić information content (AvgIpc) is 2.75. The molecule has 1 amide bonds. The van der Waals surface area contributed by atoms with Crippen molar-refractivity contribution in [1.29, 1.82) is 0 Å². The zero-order valence-corrected chi connectivity index (χ0v) is 9.77. The van der Waals surface area contributed by atoms with Gasteiger partial charge in [-0.3, -0.25) is 9.89 Å². The fourth-order valence-corrected chi connectivity index (χ4v) is 1.61. The van der Waals surface area contributed by atoms with Crippen LogP contribution in [0.25, 0.3) is 0 Å². The average molecular weight is 248 g/mol. The molecule has 6 heteroatoms. The largest absolute Gasteiger partial charge is 0.383 e. The number of carbonyl (C=O) groups is 1. The number of aromatic amines is 1. The maximum absolute atomic E-state index is 13.1. The summed E-state index contributed by atoms with van der Waals surface area (Å²) in [6.07, 6.45) is 1.35. The Morgan fingerprint density at radius 2 is 2.33 bits per heavy atom. The molecule has 0 saturated heterocycles. The molecular weight excluding hydrogens is 235 g/mol. The molecule has 2 aromatic rings. The van der Waals surface area contributed by atoms with Crippen LogP contribution in [-0.2, 0) is 0 Å². The Kier molecular flexibility index (Phi) is 3.27. The Hall–Kier alpha value is -2.37. The minimum Gasteiger partial charge on any atom is -0.383 e. The Morgan fingerprint density at radius 3 is 2.94 bits per heavy atom. The van der Waals surface area contributed by atoms with Crippen molar-refractivity contribution in [2.75, 3.05) is 5.73 Å². The van der Waals surface area contributed by atoms with Crippen LogP contribution in [0.5, 0.6) is 0 Å². The van der Waals surface area contributed by atoms with E-state index in [1.54, 1.807) is 19.1 Å². The second-order valence-electron chi connectivity index (χ2n) is 3.95. The summed E-state index contributed by atoms with van der Waals surface area (Å²) in [7, 11) is 0. The standard InChI is InChI=1S/C12H13FN4O/c1-7(8-3-2-4-9(13)5-8)16-12(18)10-6-15-17-11(10)14/h2-7H,1H3,(H,16,18)(H3,14,15,17). The highest BCUT2D eigenvalue weighted by atomic mass is 19.1. The molecule has 5 nitrogen and oxygen atoms in total. The van der Waals surface area contributed by atoms with Crippen molar-refractivity contribution in [1.82, 2.24) is 15.5 Å². The smallest absolute Gasteiger partial charge is 0.257 e. The van der Waals surface area contributed by atoms with Crippen LogP contribution in [0, 0.1) is 5.82 Å². The number of hydrogen-bond donors (Lipinski definition) is 3. The summed E-state index contributed by atoms with van der Waals surface area (Å²) in [5.74, 6) is -0.478. The number of hydrogen-bond acceptors (Lipinski definition) is 3. The molecule has 0 spiro atoms. The number of aromatic nitrogens is 2. The maximum Gasteiger partial charge on any atom is 0.257 e. The van der Waals surface area contributed by atoms with E-state index in [9.17, 15) is 9.18 Å². The van der Waals surface area contributed by atoms with Gasteiger partial charge < -0.3 is 11.1 Å². The summed E-state index contributed by atoms with van der Waals surface area (Å²) in [5.41, 5.74) is 6.50. The number of nitrogens with two attached hydrogens (primary N) is 1. The van der Waals surface area contributed by atoms with Crippen LogP contribution < -0.4 is 11.1 Å². The fraction of sp³-hybridized carbons (Fsp3) is 0.167. The van der Waals surface area contributed by atoms with Gasteiger partial charge in [0.1, 0.15) is 17.2 Å². The predicted molar refractivity (Wildman–Crippen MR) is 65.3 cm³/mol. The molecule has 0 bridgehead atoms. The second-order valence-corrected chi connectivity index (χ2v) is 3.95. The van der Waals surface area contributed by atoms with Crippen molar-refractivity contribution in [3.05, 3.63) is 47.4 Å². The molecule has 0 saturated carbocycles. The van der Waals surface area contributed by atoms with Crippen molar-refractivity contribution in [2.45, 2.75) is 13.0 Å². The first-order valence-electron chi connectivity index (χ1n) is 5.43. The van der Waals surface area contributed by atoms with E-state index in [0.29, 0.717) is 5.56 Å². The third kappa shape index (κ3) is 2.48. The molecule has 0 aliphatic heterocycles. The number of nitrogens with zero attached hydrogens (tertiary/aromatic N) is 1. The molecule has 1 aromatic carbocycles. The maximum atomic E-state index is 13.1. The van der Waals surface area contributed by atoms with Gasteiger partial charge in [0.05, 0.1) is 12.2 Å². The number of nitrogens with one attached hydrogen (secondary N) is 2. The van der Waals surface area contributed by atoms with Crippen LogP contribution in [-0.4, -0.2) is 16.1 Å². The first-order chi connectivity index (χ1) is 8.58. The fourth-order valence-electron chi connectivity index (χ4n) is 1.61. The van der Waals surface area contributed by atoms with E-state index >= 15 is 0 Å². The van der Waals surface area contributed by atoms with Gasteiger partial charge in [0.2, 0.25) is 0 Å². The zero-order valence-electron chi connectivity index (χ0n) is 9.77. The summed E-state index contributed by atoms with van der Waals surface area (Å²) in [5, 5.41) is 8.87. The minimum absolute atomic E-state index is 0.207. The topological polar surface area (TPSA) is 83.8 Å². The third-order valence-electron chi connectivity index (χ3n) is 2.61. The van der Waals surface area contributed by atoms with E-state index < -0.39 is 0 Å². The van der Waals surface area contributed by atoms with E-state index in [1.807, 2.05) is 0 Å². The quantitative estimate of drug-likeness (QED) is 0.771. The van der Waals surface area contributed by atoms with E-state index in [1.165, 1.54) is 18.3 Å². The Balaban J connectivity index is 2.10. The van der Waals surface area contributed by atoms with E-state index in [-0.39, 0.29) is 29.1 Å². The number of benzene rings is 1. The van der Waals surface area contributed by atoms with Crippen molar-refractivity contribution >= 4 is 11.7 Å². The van der Waals surface area contributed by atoms with Gasteiger partial charge in [-0.1, -0.05) is 12.1 Å². The SMILES string of the molecule is CC(NC(=O)c1cn[nH]c1N)c1cccc(F)c1. The first kappa shape index (κ1) is 12.1. The van der Waals surface area contributed by atoms with Crippen molar-refractivity contribution < 1.29 is 9.18 Å². The molecular formula is C12H13FN4O. The molecule has 4 N–H and O–H groups in total. The normalized spacial score (nSPS) is 12.1. The number of anilines is 1. The molecule has 0 fully saturated rings. The first-order valence-corrected chi connectivity index (χ1v) is 5.43. The minimum atomic E-state index is -0.349. The molecule has 1 unspecified atom stereocenters. The Labute approximate surface area is 103 Å². The number of amides is 1. The van der Waals surface area contributed by atoms with Gasteiger partial charge in [0, 0.05) is 0 Å². The summed E-state index contributed by atoms with van der Waals surface area (Å²) >= 11 is 0. The molecule has 0 radical (unpaired) electrons. The van der Waals surface area contributed by atoms with E-state index in [4.69, 9.17) is 5.73 Å². The van der Waals surface area contributed by atoms with Crippen molar-refractivity contribution in [2.24, 2.45) is 0 Å². The molecule has 1 heterocycles. The van der Waals surface area contributed by atoms with Crippen LogP contribution in [0.1, 0.15) is 28.9 Å². The number of H-pyrrole nitrogens is 1. The van der Waals surface area contributed by atoms with Gasteiger partial charge in [0.25, 0.3) is 5.91 Å². The lowest BCUT2D eigenvalue weighted by atomic mass is 10.1. The lowest BCUT2D eigenvalue weighted by molar-refractivity contribution is 0.0941. The van der Waals surface area contributed by atoms with Crippen LogP contribution in [0.15, 0.2) is 30.5 Å². The molecule has 0 aliphatic rings. The predicted octanol–water partition coefficient (Wildman–Crippen LogP) is 1.62. The highest BCUT2D eigenvalue weighted by Gasteiger charge is 2.15. The number of halogens is 1. The van der Waals surface area contributed by atoms with Gasteiger partial charge in [0.15, 0.2) is 0 Å². The highest BCUT2D eigenvalue weighted by molar-refractivity contribution is 5.98. The van der Waals surface area contributed by atoms with Gasteiger partial charge in [-0.05, 0) is 24.6 Å². The number of nitrogen functional groups attached to an aromatic ring is 1. The molecule has 18 heavy (non-hydrogen) atoms. The van der Waals surface area contributed by atoms with Crippen LogP contribution in [0.4, 0.5) is 10.2 Å². The highest BCUT2D eigenvalue weighted by Crippen LogP contribution is 2.15. The van der Waals surface area contributed by atoms with Gasteiger partial charge in [-0.25, -0.2) is 4.39 Å². The van der Waals surface area contributed by atoms with E-state index in [0.717, 1.165) is 0 Å². The van der Waals surface area contributed by atoms with Gasteiger partial charge in [-0.15, -0.1) is 0 Å². The Bertz CT molecular complexity index is 567. The lowest BCUT2D eigenvalue weighted by Crippen LogP contribution is -2.27. The zero-order chi connectivity index (χ0) is 13.1. The summed E-state index contributed by atoms with van der Waals surface area (Å²) in [6, 6.07) is 5.75. The summed E-state index contributed by atoms with van der Waals surface area (Å²) in [4.78, 5) is 11.9. The molecule has 0 aliphatic carbocycles. The van der Waals surface area contributed by atoms with Crippen LogP contribution in [0.2, 0.25) is 0 Å². The third-order valence-corrected chi connectivity index (χ3v) is 2.61. The molecule has 94 valence electrons. The molecule has 1 aromatic heterocycles. The van der Waals surface area contributed by atoms with Gasteiger partial charge >= 0.3 is 0 Å². The van der Waals surface area contributed by atoms with Crippen LogP contribution >= 0.6 is 0 Å². The Morgan fingerprint density at radius 1 is 1.56 bits per heavy atom. The number of rotatable bonds is 3. The monoisotopic (exact) mass is 248 g/mol. The van der Waals surface area contributed by atoms with Crippen molar-refractivity contribution in [3.63, 3.8) is 0 Å².